The monoisotopic (exact) mass is 440 g/mol. The number of hydrogen-bond donors (Lipinski definition) is 3. The van der Waals surface area contributed by atoms with Crippen LogP contribution in [-0.2, 0) is 19.1 Å². The molecule has 2 amide bonds. The van der Waals surface area contributed by atoms with E-state index in [1.807, 2.05) is 36.4 Å². The average Bonchev–Trinajstić information content (AvgIpc) is 3.09. The summed E-state index contributed by atoms with van der Waals surface area (Å²) in [5, 5.41) is 14.0. The Hall–Kier alpha value is -3.39. The summed E-state index contributed by atoms with van der Waals surface area (Å²) < 4.78 is 10.8. The second-order valence-corrected chi connectivity index (χ2v) is 7.61. The molecule has 3 N–H and O–H groups in total. The lowest BCUT2D eigenvalue weighted by atomic mass is 9.98. The van der Waals surface area contributed by atoms with E-state index >= 15 is 0 Å². The van der Waals surface area contributed by atoms with Crippen LogP contribution in [0.15, 0.2) is 48.5 Å². The van der Waals surface area contributed by atoms with Crippen LogP contribution in [0, 0.1) is 0 Å². The van der Waals surface area contributed by atoms with E-state index in [1.165, 1.54) is 6.92 Å². The molecule has 0 fully saturated rings. The molecule has 2 atom stereocenters. The van der Waals surface area contributed by atoms with Gasteiger partial charge in [-0.25, -0.2) is 4.79 Å². The van der Waals surface area contributed by atoms with Crippen molar-refractivity contribution in [1.29, 1.82) is 0 Å². The zero-order valence-corrected chi connectivity index (χ0v) is 18.2. The first kappa shape index (κ1) is 23.3. The number of benzene rings is 2. The van der Waals surface area contributed by atoms with Gasteiger partial charge in [0.05, 0.1) is 12.5 Å². The largest absolute Gasteiger partial charge is 0.481 e. The summed E-state index contributed by atoms with van der Waals surface area (Å²) in [5.74, 6) is -1.53. The number of alkyl carbamates (subject to hydrolysis) is 1. The Labute approximate surface area is 186 Å². The first-order valence-electron chi connectivity index (χ1n) is 10.6. The minimum atomic E-state index is -1.01. The van der Waals surface area contributed by atoms with Crippen molar-refractivity contribution in [2.24, 2.45) is 0 Å². The van der Waals surface area contributed by atoms with Crippen molar-refractivity contribution in [2.75, 3.05) is 19.8 Å². The Morgan fingerprint density at radius 2 is 1.62 bits per heavy atom. The second kappa shape index (κ2) is 10.8. The SMILES string of the molecule is CCOC(CNC(=O)C(C)NC(=O)OCC1c2ccccc2-c2ccccc21)CC(=O)O. The van der Waals surface area contributed by atoms with Gasteiger partial charge < -0.3 is 25.2 Å². The highest BCUT2D eigenvalue weighted by atomic mass is 16.5. The van der Waals surface area contributed by atoms with Crippen LogP contribution in [0.4, 0.5) is 4.79 Å². The summed E-state index contributed by atoms with van der Waals surface area (Å²) in [6.45, 7) is 3.80. The number of fused-ring (bicyclic) bond motifs is 3. The van der Waals surface area contributed by atoms with Gasteiger partial charge in [-0.3, -0.25) is 9.59 Å². The molecule has 0 heterocycles. The molecule has 0 saturated carbocycles. The van der Waals surface area contributed by atoms with E-state index in [-0.39, 0.29) is 25.5 Å². The van der Waals surface area contributed by atoms with Crippen LogP contribution in [-0.4, -0.2) is 55.0 Å². The summed E-state index contributed by atoms with van der Waals surface area (Å²) in [5.41, 5.74) is 4.48. The molecule has 32 heavy (non-hydrogen) atoms. The first-order valence-corrected chi connectivity index (χ1v) is 10.6. The van der Waals surface area contributed by atoms with E-state index in [0.717, 1.165) is 22.3 Å². The maximum Gasteiger partial charge on any atom is 0.407 e. The lowest BCUT2D eigenvalue weighted by Gasteiger charge is -2.19. The Kier molecular flexibility index (Phi) is 7.83. The molecule has 0 radical (unpaired) electrons. The number of carbonyl (C=O) groups excluding carboxylic acids is 2. The van der Waals surface area contributed by atoms with E-state index in [1.54, 1.807) is 6.92 Å². The maximum atomic E-state index is 12.3. The molecule has 2 aromatic carbocycles. The van der Waals surface area contributed by atoms with Crippen LogP contribution in [0.25, 0.3) is 11.1 Å². The number of hydrogen-bond acceptors (Lipinski definition) is 5. The summed E-state index contributed by atoms with van der Waals surface area (Å²) >= 11 is 0. The van der Waals surface area contributed by atoms with E-state index in [9.17, 15) is 14.4 Å². The molecule has 0 aromatic heterocycles. The van der Waals surface area contributed by atoms with Crippen LogP contribution < -0.4 is 10.6 Å². The highest BCUT2D eigenvalue weighted by Gasteiger charge is 2.29. The fraction of sp³-hybridized carbons (Fsp3) is 0.375. The van der Waals surface area contributed by atoms with Gasteiger partial charge in [-0.2, -0.15) is 0 Å². The van der Waals surface area contributed by atoms with Gasteiger partial charge in [-0.05, 0) is 36.1 Å². The predicted molar refractivity (Wildman–Crippen MR) is 118 cm³/mol. The molecule has 0 aliphatic heterocycles. The molecule has 1 aliphatic rings. The Balaban J connectivity index is 1.51. The summed E-state index contributed by atoms with van der Waals surface area (Å²) in [7, 11) is 0. The molecule has 2 unspecified atom stereocenters. The Bertz CT molecular complexity index is 931. The molecular formula is C24H28N2O6. The topological polar surface area (TPSA) is 114 Å². The number of amides is 2. The molecule has 3 rings (SSSR count). The van der Waals surface area contributed by atoms with Gasteiger partial charge in [0.2, 0.25) is 5.91 Å². The normalized spacial score (nSPS) is 14.1. The maximum absolute atomic E-state index is 12.3. The van der Waals surface area contributed by atoms with Gasteiger partial charge in [-0.15, -0.1) is 0 Å². The second-order valence-electron chi connectivity index (χ2n) is 7.61. The number of ether oxygens (including phenoxy) is 2. The van der Waals surface area contributed by atoms with Gasteiger partial charge in [-0.1, -0.05) is 48.5 Å². The van der Waals surface area contributed by atoms with E-state index in [0.29, 0.717) is 6.61 Å². The minimum absolute atomic E-state index is 0.0374. The molecule has 170 valence electrons. The van der Waals surface area contributed by atoms with Crippen molar-refractivity contribution in [2.45, 2.75) is 38.3 Å². The van der Waals surface area contributed by atoms with Gasteiger partial charge in [0.15, 0.2) is 0 Å². The standard InChI is InChI=1S/C24H28N2O6/c1-3-31-16(12-22(27)28)13-25-23(29)15(2)26-24(30)32-14-21-19-10-6-4-8-17(19)18-9-5-7-11-20(18)21/h4-11,15-16,21H,3,12-14H2,1-2H3,(H,25,29)(H,26,30)(H,27,28). The summed E-state index contributed by atoms with van der Waals surface area (Å²) in [6, 6.07) is 15.2. The van der Waals surface area contributed by atoms with Crippen LogP contribution in [0.2, 0.25) is 0 Å². The zero-order chi connectivity index (χ0) is 23.1. The third-order valence-corrected chi connectivity index (χ3v) is 5.38. The van der Waals surface area contributed by atoms with Gasteiger partial charge in [0.25, 0.3) is 0 Å². The fourth-order valence-corrected chi connectivity index (χ4v) is 3.87. The third-order valence-electron chi connectivity index (χ3n) is 5.38. The third kappa shape index (κ3) is 5.64. The average molecular weight is 440 g/mol. The molecule has 0 spiro atoms. The molecular weight excluding hydrogens is 412 g/mol. The van der Waals surface area contributed by atoms with Crippen LogP contribution >= 0.6 is 0 Å². The van der Waals surface area contributed by atoms with Crippen LogP contribution in [0.5, 0.6) is 0 Å². The number of carbonyl (C=O) groups is 3. The van der Waals surface area contributed by atoms with Crippen molar-refractivity contribution in [3.05, 3.63) is 59.7 Å². The van der Waals surface area contributed by atoms with Gasteiger partial charge in [0, 0.05) is 19.1 Å². The summed E-state index contributed by atoms with van der Waals surface area (Å²) in [4.78, 5) is 35.5. The number of nitrogens with one attached hydrogen (secondary N) is 2. The molecule has 8 nitrogen and oxygen atoms in total. The number of carboxylic acids is 1. The van der Waals surface area contributed by atoms with E-state index in [2.05, 4.69) is 22.8 Å². The zero-order valence-electron chi connectivity index (χ0n) is 18.2. The van der Waals surface area contributed by atoms with Crippen molar-refractivity contribution in [1.82, 2.24) is 10.6 Å². The van der Waals surface area contributed by atoms with Crippen molar-refractivity contribution in [3.63, 3.8) is 0 Å². The van der Waals surface area contributed by atoms with Crippen molar-refractivity contribution >= 4 is 18.0 Å². The highest BCUT2D eigenvalue weighted by molar-refractivity contribution is 5.85. The molecule has 0 saturated heterocycles. The minimum Gasteiger partial charge on any atom is -0.481 e. The molecule has 2 aromatic rings. The quantitative estimate of drug-likeness (QED) is 0.524. The van der Waals surface area contributed by atoms with Crippen LogP contribution in [0.1, 0.15) is 37.3 Å². The predicted octanol–water partition coefficient (Wildman–Crippen LogP) is 2.91. The number of aliphatic carboxylic acids is 1. The summed E-state index contributed by atoms with van der Waals surface area (Å²) in [6.07, 6.45) is -1.55. The number of rotatable bonds is 10. The van der Waals surface area contributed by atoms with Gasteiger partial charge in [0.1, 0.15) is 12.6 Å². The Morgan fingerprint density at radius 3 is 2.19 bits per heavy atom. The van der Waals surface area contributed by atoms with Crippen molar-refractivity contribution < 1.29 is 29.0 Å². The number of carboxylic acid groups (broad SMARTS) is 1. The lowest BCUT2D eigenvalue weighted by molar-refractivity contribution is -0.140. The van der Waals surface area contributed by atoms with E-state index < -0.39 is 30.1 Å². The van der Waals surface area contributed by atoms with Gasteiger partial charge >= 0.3 is 12.1 Å². The Morgan fingerprint density at radius 1 is 1.03 bits per heavy atom. The molecule has 1 aliphatic carbocycles. The van der Waals surface area contributed by atoms with Crippen LogP contribution in [0.3, 0.4) is 0 Å². The van der Waals surface area contributed by atoms with E-state index in [4.69, 9.17) is 14.6 Å². The smallest absolute Gasteiger partial charge is 0.407 e. The van der Waals surface area contributed by atoms with Crippen molar-refractivity contribution in [3.8, 4) is 11.1 Å². The fourth-order valence-electron chi connectivity index (χ4n) is 3.87. The molecule has 0 bridgehead atoms. The lowest BCUT2D eigenvalue weighted by Crippen LogP contribution is -2.47. The first-order chi connectivity index (χ1) is 15.4. The highest BCUT2D eigenvalue weighted by Crippen LogP contribution is 2.44. The molecule has 8 heteroatoms.